The standard InChI is InChI=1S/C13H23N3O4/c1-8(2)11(12(18)19)15-13(20)16-6-4-10(5-7-16)14-9(3)17/h8,10-11H,4-7H2,1-3H3,(H,14,17)(H,15,20)(H,18,19)/t11-/m0/s1. The first-order chi connectivity index (χ1) is 9.31. The molecule has 20 heavy (non-hydrogen) atoms. The van der Waals surface area contributed by atoms with Gasteiger partial charge in [0.15, 0.2) is 0 Å². The third-order valence-electron chi connectivity index (χ3n) is 3.40. The van der Waals surface area contributed by atoms with Crippen LogP contribution in [0.5, 0.6) is 0 Å². The molecular weight excluding hydrogens is 262 g/mol. The van der Waals surface area contributed by atoms with Crippen molar-refractivity contribution in [2.45, 2.75) is 45.7 Å². The summed E-state index contributed by atoms with van der Waals surface area (Å²) < 4.78 is 0. The monoisotopic (exact) mass is 285 g/mol. The summed E-state index contributed by atoms with van der Waals surface area (Å²) >= 11 is 0. The highest BCUT2D eigenvalue weighted by molar-refractivity contribution is 5.82. The molecule has 1 atom stereocenters. The molecule has 0 aliphatic carbocycles. The van der Waals surface area contributed by atoms with Crippen molar-refractivity contribution in [3.63, 3.8) is 0 Å². The van der Waals surface area contributed by atoms with Gasteiger partial charge < -0.3 is 20.6 Å². The van der Waals surface area contributed by atoms with E-state index in [-0.39, 0.29) is 23.9 Å². The molecule has 1 heterocycles. The smallest absolute Gasteiger partial charge is 0.326 e. The van der Waals surface area contributed by atoms with Crippen LogP contribution in [0.1, 0.15) is 33.6 Å². The van der Waals surface area contributed by atoms with Crippen LogP contribution in [0.4, 0.5) is 4.79 Å². The van der Waals surface area contributed by atoms with Crippen molar-refractivity contribution in [2.75, 3.05) is 13.1 Å². The van der Waals surface area contributed by atoms with Gasteiger partial charge in [-0.3, -0.25) is 4.79 Å². The Balaban J connectivity index is 2.46. The Kier molecular flexibility index (Phi) is 5.79. The zero-order chi connectivity index (χ0) is 15.3. The molecule has 7 heteroatoms. The van der Waals surface area contributed by atoms with E-state index in [2.05, 4.69) is 10.6 Å². The molecule has 1 aliphatic heterocycles. The van der Waals surface area contributed by atoms with Crippen molar-refractivity contribution in [3.8, 4) is 0 Å². The molecule has 0 bridgehead atoms. The first-order valence-corrected chi connectivity index (χ1v) is 6.86. The zero-order valence-corrected chi connectivity index (χ0v) is 12.2. The van der Waals surface area contributed by atoms with E-state index in [1.807, 2.05) is 0 Å². The second-order valence-corrected chi connectivity index (χ2v) is 5.47. The van der Waals surface area contributed by atoms with Crippen molar-refractivity contribution in [2.24, 2.45) is 5.92 Å². The van der Waals surface area contributed by atoms with E-state index in [1.165, 1.54) is 6.92 Å². The predicted molar refractivity (Wildman–Crippen MR) is 73.2 cm³/mol. The highest BCUT2D eigenvalue weighted by atomic mass is 16.4. The Morgan fingerprint density at radius 1 is 1.20 bits per heavy atom. The van der Waals surface area contributed by atoms with Gasteiger partial charge in [0.25, 0.3) is 0 Å². The molecule has 1 rings (SSSR count). The van der Waals surface area contributed by atoms with E-state index >= 15 is 0 Å². The Hall–Kier alpha value is -1.79. The molecule has 7 nitrogen and oxygen atoms in total. The summed E-state index contributed by atoms with van der Waals surface area (Å²) in [5.41, 5.74) is 0. The molecule has 0 aromatic heterocycles. The molecule has 1 aliphatic rings. The van der Waals surface area contributed by atoms with Crippen molar-refractivity contribution in [1.82, 2.24) is 15.5 Å². The summed E-state index contributed by atoms with van der Waals surface area (Å²) in [7, 11) is 0. The van der Waals surface area contributed by atoms with Gasteiger partial charge in [0.05, 0.1) is 0 Å². The normalized spacial score (nSPS) is 17.7. The van der Waals surface area contributed by atoms with Crippen LogP contribution >= 0.6 is 0 Å². The summed E-state index contributed by atoms with van der Waals surface area (Å²) in [4.78, 5) is 35.6. The molecule has 1 saturated heterocycles. The van der Waals surface area contributed by atoms with Crippen LogP contribution in [-0.2, 0) is 9.59 Å². The summed E-state index contributed by atoms with van der Waals surface area (Å²) in [5.74, 6) is -1.27. The van der Waals surface area contributed by atoms with Gasteiger partial charge in [-0.15, -0.1) is 0 Å². The van der Waals surface area contributed by atoms with E-state index in [1.54, 1.807) is 18.7 Å². The van der Waals surface area contributed by atoms with Gasteiger partial charge in [-0.05, 0) is 18.8 Å². The van der Waals surface area contributed by atoms with Crippen molar-refractivity contribution in [1.29, 1.82) is 0 Å². The maximum atomic E-state index is 12.0. The molecule has 0 radical (unpaired) electrons. The van der Waals surface area contributed by atoms with Crippen molar-refractivity contribution in [3.05, 3.63) is 0 Å². The maximum Gasteiger partial charge on any atom is 0.326 e. The maximum absolute atomic E-state index is 12.0. The Morgan fingerprint density at radius 2 is 1.75 bits per heavy atom. The quantitative estimate of drug-likeness (QED) is 0.696. The van der Waals surface area contributed by atoms with Gasteiger partial charge >= 0.3 is 12.0 Å². The average Bonchev–Trinajstić information content (AvgIpc) is 2.35. The summed E-state index contributed by atoms with van der Waals surface area (Å²) in [5, 5.41) is 14.4. The highest BCUT2D eigenvalue weighted by Crippen LogP contribution is 2.11. The minimum absolute atomic E-state index is 0.0707. The number of aliphatic carboxylic acids is 1. The van der Waals surface area contributed by atoms with Gasteiger partial charge in [0.1, 0.15) is 6.04 Å². The fourth-order valence-corrected chi connectivity index (χ4v) is 2.25. The minimum atomic E-state index is -1.03. The Morgan fingerprint density at radius 3 is 2.15 bits per heavy atom. The molecule has 0 aromatic carbocycles. The number of carboxylic acid groups (broad SMARTS) is 1. The van der Waals surface area contributed by atoms with Crippen LogP contribution in [0.25, 0.3) is 0 Å². The lowest BCUT2D eigenvalue weighted by atomic mass is 10.0. The van der Waals surface area contributed by atoms with Crippen LogP contribution < -0.4 is 10.6 Å². The Labute approximate surface area is 118 Å². The first-order valence-electron chi connectivity index (χ1n) is 6.86. The van der Waals surface area contributed by atoms with Crippen LogP contribution in [0.2, 0.25) is 0 Å². The third kappa shape index (κ3) is 4.71. The van der Waals surface area contributed by atoms with Gasteiger partial charge in [-0.2, -0.15) is 0 Å². The molecular formula is C13H23N3O4. The number of urea groups is 1. The van der Waals surface area contributed by atoms with Crippen LogP contribution in [0.3, 0.4) is 0 Å². The van der Waals surface area contributed by atoms with Crippen LogP contribution in [0.15, 0.2) is 0 Å². The minimum Gasteiger partial charge on any atom is -0.480 e. The Bertz CT molecular complexity index is 376. The van der Waals surface area contributed by atoms with Gasteiger partial charge in [0.2, 0.25) is 5.91 Å². The second kappa shape index (κ2) is 7.12. The zero-order valence-electron chi connectivity index (χ0n) is 12.2. The number of likely N-dealkylation sites (tertiary alicyclic amines) is 1. The van der Waals surface area contributed by atoms with Crippen LogP contribution in [0, 0.1) is 5.92 Å². The number of carboxylic acids is 1. The lowest BCUT2D eigenvalue weighted by molar-refractivity contribution is -0.140. The van der Waals surface area contributed by atoms with Gasteiger partial charge in [-0.1, -0.05) is 13.8 Å². The number of hydrogen-bond acceptors (Lipinski definition) is 3. The number of hydrogen-bond donors (Lipinski definition) is 3. The fourth-order valence-electron chi connectivity index (χ4n) is 2.25. The number of nitrogens with zero attached hydrogens (tertiary/aromatic N) is 1. The molecule has 0 unspecified atom stereocenters. The van der Waals surface area contributed by atoms with E-state index in [9.17, 15) is 14.4 Å². The number of nitrogens with one attached hydrogen (secondary N) is 2. The lowest BCUT2D eigenvalue weighted by Gasteiger charge is -2.33. The largest absolute Gasteiger partial charge is 0.480 e. The molecule has 3 N–H and O–H groups in total. The summed E-state index contributed by atoms with van der Waals surface area (Å²) in [6, 6.07) is -1.14. The molecule has 114 valence electrons. The molecule has 3 amide bonds. The SMILES string of the molecule is CC(=O)NC1CCN(C(=O)N[C@H](C(=O)O)C(C)C)CC1. The number of piperidine rings is 1. The van der Waals surface area contributed by atoms with Gasteiger partial charge in [-0.25, -0.2) is 9.59 Å². The van der Waals surface area contributed by atoms with E-state index in [0.717, 1.165) is 0 Å². The highest BCUT2D eigenvalue weighted by Gasteiger charge is 2.28. The number of amides is 3. The van der Waals surface area contributed by atoms with E-state index in [0.29, 0.717) is 25.9 Å². The third-order valence-corrected chi connectivity index (χ3v) is 3.40. The van der Waals surface area contributed by atoms with Crippen molar-refractivity contribution >= 4 is 17.9 Å². The molecule has 1 fully saturated rings. The van der Waals surface area contributed by atoms with Gasteiger partial charge in [0, 0.05) is 26.1 Å². The van der Waals surface area contributed by atoms with E-state index < -0.39 is 12.0 Å². The average molecular weight is 285 g/mol. The summed E-state index contributed by atoms with van der Waals surface area (Å²) in [6.07, 6.45) is 1.37. The summed E-state index contributed by atoms with van der Waals surface area (Å²) in [6.45, 7) is 6.01. The number of carbonyl (C=O) groups is 3. The van der Waals surface area contributed by atoms with Crippen LogP contribution in [-0.4, -0.2) is 53.1 Å². The number of rotatable bonds is 4. The second-order valence-electron chi connectivity index (χ2n) is 5.47. The first kappa shape index (κ1) is 16.3. The fraction of sp³-hybridized carbons (Fsp3) is 0.769. The molecule has 0 spiro atoms. The van der Waals surface area contributed by atoms with E-state index in [4.69, 9.17) is 5.11 Å². The van der Waals surface area contributed by atoms with Crippen molar-refractivity contribution < 1.29 is 19.5 Å². The predicted octanol–water partition coefficient (Wildman–Crippen LogP) is 0.406. The molecule has 0 aromatic rings. The lowest BCUT2D eigenvalue weighted by Crippen LogP contribution is -2.53. The number of carbonyl (C=O) groups excluding carboxylic acids is 2. The topological polar surface area (TPSA) is 98.7 Å². The molecule has 0 saturated carbocycles.